The molecule has 0 saturated carbocycles. The third-order valence-corrected chi connectivity index (χ3v) is 2.72. The predicted molar refractivity (Wildman–Crippen MR) is 59.7 cm³/mol. The van der Waals surface area contributed by atoms with Gasteiger partial charge in [0.15, 0.2) is 0 Å². The normalized spacial score (nSPS) is 22.7. The summed E-state index contributed by atoms with van der Waals surface area (Å²) in [6.45, 7) is -0.124. The van der Waals surface area contributed by atoms with Crippen molar-refractivity contribution in [3.05, 3.63) is 43.5 Å². The molecule has 0 bridgehead atoms. The van der Waals surface area contributed by atoms with Crippen molar-refractivity contribution in [3.8, 4) is 0 Å². The molecular weight excluding hydrogens is 242 g/mol. The summed E-state index contributed by atoms with van der Waals surface area (Å²) in [6, 6.07) is 1.12. The molecule has 2 atom stereocenters. The Morgan fingerprint density at radius 2 is 2.33 bits per heavy atom. The highest BCUT2D eigenvalue weighted by Gasteiger charge is 2.28. The van der Waals surface area contributed by atoms with Gasteiger partial charge in [-0.2, -0.15) is 4.91 Å². The van der Waals surface area contributed by atoms with E-state index in [4.69, 9.17) is 15.4 Å². The van der Waals surface area contributed by atoms with Gasteiger partial charge in [0.05, 0.1) is 12.7 Å². The van der Waals surface area contributed by atoms with Crippen LogP contribution in [0.4, 0.5) is 0 Å². The molecule has 2 heterocycles. The van der Waals surface area contributed by atoms with Crippen LogP contribution in [0.15, 0.2) is 27.1 Å². The molecule has 0 amide bonds. The number of nitrogens with zero attached hydrogens (tertiary/aromatic N) is 5. The minimum Gasteiger partial charge on any atom is -0.394 e. The Hall–Kier alpha value is -2.09. The minimum absolute atomic E-state index is 0.124. The SMILES string of the molecule is [N-]=[N+]=Nn1c(=O)ccn([C@@H]2CC[C@H](CO)O2)c1=O. The summed E-state index contributed by atoms with van der Waals surface area (Å²) < 4.78 is 7.01. The molecule has 1 fully saturated rings. The number of aromatic nitrogens is 2. The second kappa shape index (κ2) is 5.05. The maximum atomic E-state index is 11.9. The number of rotatable bonds is 3. The van der Waals surface area contributed by atoms with Crippen LogP contribution in [0.2, 0.25) is 0 Å². The quantitative estimate of drug-likeness (QED) is 0.453. The zero-order chi connectivity index (χ0) is 13.1. The molecule has 1 aromatic rings. The maximum absolute atomic E-state index is 11.9. The number of hydrogen-bond donors (Lipinski definition) is 1. The standard InChI is InChI=1S/C9H11N5O4/c10-11-12-14-7(16)3-4-13(9(14)17)8-2-1-6(5-15)18-8/h3-4,6,8,15H,1-2,5H2/t6-,8+/m1/s1. The van der Waals surface area contributed by atoms with Gasteiger partial charge in [0, 0.05) is 12.3 Å². The van der Waals surface area contributed by atoms with Gasteiger partial charge in [-0.15, -0.1) is 5.53 Å². The third kappa shape index (κ3) is 2.14. The van der Waals surface area contributed by atoms with Crippen molar-refractivity contribution < 1.29 is 9.84 Å². The van der Waals surface area contributed by atoms with Crippen LogP contribution in [0.3, 0.4) is 0 Å². The summed E-state index contributed by atoms with van der Waals surface area (Å²) in [5, 5.41) is 12.0. The fraction of sp³-hybridized carbons (Fsp3) is 0.556. The van der Waals surface area contributed by atoms with Gasteiger partial charge in [-0.1, -0.05) is 4.68 Å². The molecule has 0 aliphatic carbocycles. The van der Waals surface area contributed by atoms with Crippen molar-refractivity contribution in [1.29, 1.82) is 0 Å². The Labute approximate surface area is 100 Å². The van der Waals surface area contributed by atoms with E-state index in [9.17, 15) is 9.59 Å². The van der Waals surface area contributed by atoms with Crippen LogP contribution in [0, 0.1) is 0 Å². The van der Waals surface area contributed by atoms with Crippen LogP contribution in [-0.4, -0.2) is 27.1 Å². The minimum atomic E-state index is -0.760. The van der Waals surface area contributed by atoms with E-state index in [2.05, 4.69) is 10.1 Å². The molecule has 9 nitrogen and oxygen atoms in total. The topological polar surface area (TPSA) is 122 Å². The van der Waals surface area contributed by atoms with Gasteiger partial charge in [0.25, 0.3) is 0 Å². The van der Waals surface area contributed by atoms with Gasteiger partial charge in [-0.05, 0) is 18.1 Å². The first-order chi connectivity index (χ1) is 8.67. The molecule has 1 saturated heterocycles. The van der Waals surface area contributed by atoms with Crippen LogP contribution in [0.1, 0.15) is 19.1 Å². The summed E-state index contributed by atoms with van der Waals surface area (Å²) in [5.41, 5.74) is 6.83. The van der Waals surface area contributed by atoms with Gasteiger partial charge in [0.2, 0.25) is 0 Å². The van der Waals surface area contributed by atoms with E-state index < -0.39 is 17.5 Å². The highest BCUT2D eigenvalue weighted by molar-refractivity contribution is 4.88. The highest BCUT2D eigenvalue weighted by Crippen LogP contribution is 2.26. The lowest BCUT2D eigenvalue weighted by Crippen LogP contribution is -2.38. The monoisotopic (exact) mass is 253 g/mol. The van der Waals surface area contributed by atoms with Crippen LogP contribution in [0.25, 0.3) is 10.4 Å². The summed E-state index contributed by atoms with van der Waals surface area (Å²) in [5.74, 6) is 0. The molecule has 1 aromatic heterocycles. The largest absolute Gasteiger partial charge is 0.428 e. The summed E-state index contributed by atoms with van der Waals surface area (Å²) in [6.07, 6.45) is 1.57. The predicted octanol–water partition coefficient (Wildman–Crippen LogP) is -0.247. The average Bonchev–Trinajstić information content (AvgIpc) is 2.83. The summed E-state index contributed by atoms with van der Waals surface area (Å²) >= 11 is 0. The van der Waals surface area contributed by atoms with Crippen LogP contribution in [0.5, 0.6) is 0 Å². The van der Waals surface area contributed by atoms with E-state index in [1.54, 1.807) is 0 Å². The lowest BCUT2D eigenvalue weighted by molar-refractivity contribution is -0.0251. The molecule has 0 spiro atoms. The first-order valence-corrected chi connectivity index (χ1v) is 5.33. The molecule has 0 unspecified atom stereocenters. The highest BCUT2D eigenvalue weighted by atomic mass is 16.5. The second-order valence-corrected chi connectivity index (χ2v) is 3.81. The zero-order valence-electron chi connectivity index (χ0n) is 9.34. The van der Waals surface area contributed by atoms with Crippen LogP contribution < -0.4 is 11.2 Å². The van der Waals surface area contributed by atoms with Gasteiger partial charge < -0.3 is 9.84 Å². The number of hydrogen-bond acceptors (Lipinski definition) is 5. The second-order valence-electron chi connectivity index (χ2n) is 3.81. The smallest absolute Gasteiger partial charge is 0.394 e. The van der Waals surface area contributed by atoms with E-state index in [1.807, 2.05) is 0 Å². The van der Waals surface area contributed by atoms with Gasteiger partial charge in [-0.3, -0.25) is 4.57 Å². The first kappa shape index (κ1) is 12.4. The molecule has 1 N–H and O–H groups in total. The van der Waals surface area contributed by atoms with E-state index in [-0.39, 0.29) is 12.7 Å². The fourth-order valence-corrected chi connectivity index (χ4v) is 1.85. The van der Waals surface area contributed by atoms with E-state index in [0.29, 0.717) is 17.5 Å². The van der Waals surface area contributed by atoms with Crippen molar-refractivity contribution in [3.63, 3.8) is 0 Å². The first-order valence-electron chi connectivity index (χ1n) is 5.33. The lowest BCUT2D eigenvalue weighted by Gasteiger charge is -2.13. The van der Waals surface area contributed by atoms with E-state index >= 15 is 0 Å². The Balaban J connectivity index is 2.41. The number of azide groups is 1. The molecule has 96 valence electrons. The fourth-order valence-electron chi connectivity index (χ4n) is 1.85. The summed E-state index contributed by atoms with van der Waals surface area (Å²) in [4.78, 5) is 25.6. The molecule has 9 heteroatoms. The molecular formula is C9H11N5O4. The van der Waals surface area contributed by atoms with E-state index in [1.165, 1.54) is 10.8 Å². The van der Waals surface area contributed by atoms with Gasteiger partial charge in [0.1, 0.15) is 6.23 Å². The maximum Gasteiger partial charge on any atom is 0.428 e. The van der Waals surface area contributed by atoms with E-state index in [0.717, 1.165) is 6.07 Å². The van der Waals surface area contributed by atoms with Crippen LogP contribution in [-0.2, 0) is 4.74 Å². The lowest BCUT2D eigenvalue weighted by atomic mass is 10.2. The van der Waals surface area contributed by atoms with Gasteiger partial charge in [-0.25, -0.2) is 9.59 Å². The van der Waals surface area contributed by atoms with Crippen molar-refractivity contribution >= 4 is 0 Å². The molecule has 18 heavy (non-hydrogen) atoms. The number of ether oxygens (including phenoxy) is 1. The van der Waals surface area contributed by atoms with Gasteiger partial charge >= 0.3 is 11.2 Å². The molecule has 1 aliphatic rings. The number of aliphatic hydroxyl groups is 1. The van der Waals surface area contributed by atoms with Crippen molar-refractivity contribution in [1.82, 2.24) is 9.24 Å². The van der Waals surface area contributed by atoms with Crippen molar-refractivity contribution in [2.75, 3.05) is 6.61 Å². The molecule has 0 radical (unpaired) electrons. The summed E-state index contributed by atoms with van der Waals surface area (Å²) in [7, 11) is 0. The third-order valence-electron chi connectivity index (χ3n) is 2.72. The Bertz CT molecular complexity index is 600. The van der Waals surface area contributed by atoms with Crippen molar-refractivity contribution in [2.45, 2.75) is 25.2 Å². The Kier molecular flexibility index (Phi) is 3.47. The van der Waals surface area contributed by atoms with Crippen molar-refractivity contribution in [2.24, 2.45) is 5.22 Å². The van der Waals surface area contributed by atoms with Crippen LogP contribution >= 0.6 is 0 Å². The molecule has 1 aliphatic heterocycles. The molecule has 2 rings (SSSR count). The molecule has 0 aromatic carbocycles. The Morgan fingerprint density at radius 1 is 1.56 bits per heavy atom. The zero-order valence-corrected chi connectivity index (χ0v) is 9.34. The average molecular weight is 253 g/mol. The Morgan fingerprint density at radius 3 is 2.94 bits per heavy atom. The number of aliphatic hydroxyl groups excluding tert-OH is 1.